The molecule has 1 aliphatic heterocycles. The van der Waals surface area contributed by atoms with Crippen molar-refractivity contribution in [3.8, 4) is 0 Å². The average molecular weight is 238 g/mol. The Morgan fingerprint density at radius 1 is 1.53 bits per heavy atom. The number of aliphatic hydroxyl groups is 1. The van der Waals surface area contributed by atoms with Gasteiger partial charge in [-0.05, 0) is 38.5 Å². The van der Waals surface area contributed by atoms with E-state index in [0.717, 1.165) is 38.0 Å². The molecule has 3 aliphatic rings. The van der Waals surface area contributed by atoms with Gasteiger partial charge in [0, 0.05) is 17.5 Å². The minimum Gasteiger partial charge on any atom is -0.396 e. The normalized spacial score (nSPS) is 39.5. The van der Waals surface area contributed by atoms with Crippen LogP contribution in [0.1, 0.15) is 39.0 Å². The third-order valence-electron chi connectivity index (χ3n) is 5.21. The molecule has 3 rings (SSSR count). The second-order valence-corrected chi connectivity index (χ2v) is 6.25. The molecular formula is C13H22N2O2. The van der Waals surface area contributed by atoms with Gasteiger partial charge in [-0.1, -0.05) is 6.42 Å². The first-order valence-electron chi connectivity index (χ1n) is 6.78. The van der Waals surface area contributed by atoms with Crippen molar-refractivity contribution < 1.29 is 9.90 Å². The van der Waals surface area contributed by atoms with Crippen LogP contribution < -0.4 is 5.73 Å². The molecule has 4 nitrogen and oxygen atoms in total. The molecule has 1 saturated heterocycles. The van der Waals surface area contributed by atoms with Crippen molar-refractivity contribution in [2.45, 2.75) is 57.2 Å². The van der Waals surface area contributed by atoms with E-state index in [-0.39, 0.29) is 17.9 Å². The van der Waals surface area contributed by atoms with Crippen molar-refractivity contribution in [2.24, 2.45) is 17.1 Å². The van der Waals surface area contributed by atoms with E-state index in [1.807, 2.05) is 4.90 Å². The minimum atomic E-state index is -0.497. The lowest BCUT2D eigenvalue weighted by Crippen LogP contribution is -2.58. The second kappa shape index (κ2) is 3.69. The van der Waals surface area contributed by atoms with Gasteiger partial charge in [0.25, 0.3) is 0 Å². The third kappa shape index (κ3) is 1.54. The topological polar surface area (TPSA) is 66.6 Å². The van der Waals surface area contributed by atoms with Gasteiger partial charge in [-0.2, -0.15) is 0 Å². The molecule has 0 aromatic rings. The largest absolute Gasteiger partial charge is 0.396 e. The minimum absolute atomic E-state index is 0.0518. The highest BCUT2D eigenvalue weighted by molar-refractivity contribution is 5.84. The SMILES string of the molecule is CC1CC2CC2N1C(=O)[C@@H](N)C1(CO)CCC1. The first-order valence-corrected chi connectivity index (χ1v) is 6.78. The van der Waals surface area contributed by atoms with E-state index >= 15 is 0 Å². The van der Waals surface area contributed by atoms with Crippen LogP contribution in [0.4, 0.5) is 0 Å². The number of likely N-dealkylation sites (tertiary alicyclic amines) is 1. The van der Waals surface area contributed by atoms with Gasteiger partial charge >= 0.3 is 0 Å². The fourth-order valence-corrected chi connectivity index (χ4v) is 3.71. The zero-order chi connectivity index (χ0) is 12.2. The number of rotatable bonds is 3. The standard InChI is InChI=1S/C13H22N2O2/c1-8-5-9-6-10(9)15(8)12(17)11(14)13(7-16)3-2-4-13/h8-11,16H,2-7,14H2,1H3/t8?,9?,10?,11-/m1/s1. The van der Waals surface area contributed by atoms with Crippen molar-refractivity contribution >= 4 is 5.91 Å². The van der Waals surface area contributed by atoms with E-state index < -0.39 is 6.04 Å². The fourth-order valence-electron chi connectivity index (χ4n) is 3.71. The summed E-state index contributed by atoms with van der Waals surface area (Å²) in [5.74, 6) is 0.809. The average Bonchev–Trinajstić information content (AvgIpc) is 2.89. The second-order valence-electron chi connectivity index (χ2n) is 6.25. The molecule has 3 N–H and O–H groups in total. The van der Waals surface area contributed by atoms with Crippen LogP contribution in [0, 0.1) is 11.3 Å². The molecule has 0 aromatic carbocycles. The molecule has 1 amide bonds. The Kier molecular flexibility index (Phi) is 2.49. The van der Waals surface area contributed by atoms with Gasteiger partial charge in [0.1, 0.15) is 0 Å². The van der Waals surface area contributed by atoms with Gasteiger partial charge in [-0.3, -0.25) is 4.79 Å². The summed E-state index contributed by atoms with van der Waals surface area (Å²) in [7, 11) is 0. The summed E-state index contributed by atoms with van der Waals surface area (Å²) in [5, 5.41) is 9.49. The Morgan fingerprint density at radius 3 is 2.65 bits per heavy atom. The molecule has 96 valence electrons. The van der Waals surface area contributed by atoms with E-state index in [4.69, 9.17) is 5.73 Å². The van der Waals surface area contributed by atoms with E-state index in [1.165, 1.54) is 0 Å². The van der Waals surface area contributed by atoms with Gasteiger partial charge in [-0.25, -0.2) is 0 Å². The van der Waals surface area contributed by atoms with E-state index in [9.17, 15) is 9.90 Å². The van der Waals surface area contributed by atoms with Gasteiger partial charge in [0.05, 0.1) is 12.6 Å². The van der Waals surface area contributed by atoms with Crippen LogP contribution in [0.3, 0.4) is 0 Å². The van der Waals surface area contributed by atoms with Gasteiger partial charge < -0.3 is 15.7 Å². The summed E-state index contributed by atoms with van der Waals surface area (Å²) >= 11 is 0. The van der Waals surface area contributed by atoms with Gasteiger partial charge in [-0.15, -0.1) is 0 Å². The highest BCUT2D eigenvalue weighted by atomic mass is 16.3. The first kappa shape index (κ1) is 11.5. The number of hydrogen-bond acceptors (Lipinski definition) is 3. The van der Waals surface area contributed by atoms with Crippen LogP contribution >= 0.6 is 0 Å². The Hall–Kier alpha value is -0.610. The summed E-state index contributed by atoms with van der Waals surface area (Å²) in [6, 6.07) is 0.301. The smallest absolute Gasteiger partial charge is 0.240 e. The van der Waals surface area contributed by atoms with Crippen molar-refractivity contribution in [2.75, 3.05) is 6.61 Å². The van der Waals surface area contributed by atoms with Gasteiger partial charge in [0.2, 0.25) is 5.91 Å². The first-order chi connectivity index (χ1) is 8.09. The number of fused-ring (bicyclic) bond motifs is 1. The molecule has 0 spiro atoms. The summed E-state index contributed by atoms with van der Waals surface area (Å²) in [6.07, 6.45) is 5.17. The molecule has 2 aliphatic carbocycles. The summed E-state index contributed by atoms with van der Waals surface area (Å²) < 4.78 is 0. The van der Waals surface area contributed by atoms with Gasteiger partial charge in [0.15, 0.2) is 0 Å². The van der Waals surface area contributed by atoms with E-state index in [2.05, 4.69) is 6.92 Å². The summed E-state index contributed by atoms with van der Waals surface area (Å²) in [6.45, 7) is 2.17. The number of piperidine rings is 1. The molecule has 4 heteroatoms. The predicted molar refractivity (Wildman–Crippen MR) is 64.2 cm³/mol. The summed E-state index contributed by atoms with van der Waals surface area (Å²) in [5.41, 5.74) is 5.82. The number of nitrogens with zero attached hydrogens (tertiary/aromatic N) is 1. The lowest BCUT2D eigenvalue weighted by atomic mass is 9.64. The third-order valence-corrected chi connectivity index (χ3v) is 5.21. The number of carbonyl (C=O) groups excluding carboxylic acids is 1. The van der Waals surface area contributed by atoms with Crippen LogP contribution in [0.5, 0.6) is 0 Å². The molecule has 0 bridgehead atoms. The fraction of sp³-hybridized carbons (Fsp3) is 0.923. The molecule has 17 heavy (non-hydrogen) atoms. The monoisotopic (exact) mass is 238 g/mol. The van der Waals surface area contributed by atoms with Crippen LogP contribution in [0.25, 0.3) is 0 Å². The predicted octanol–water partition coefficient (Wildman–Crippen LogP) is 0.486. The van der Waals surface area contributed by atoms with Crippen LogP contribution in [-0.2, 0) is 4.79 Å². The molecule has 0 aromatic heterocycles. The Balaban J connectivity index is 1.73. The Labute approximate surface area is 102 Å². The molecule has 4 atom stereocenters. The van der Waals surface area contributed by atoms with Crippen LogP contribution in [0.2, 0.25) is 0 Å². The van der Waals surface area contributed by atoms with E-state index in [1.54, 1.807) is 0 Å². The van der Waals surface area contributed by atoms with Crippen molar-refractivity contribution in [1.82, 2.24) is 4.90 Å². The molecule has 0 radical (unpaired) electrons. The molecule has 2 saturated carbocycles. The highest BCUT2D eigenvalue weighted by Crippen LogP contribution is 2.49. The number of nitrogens with two attached hydrogens (primary N) is 1. The number of carbonyl (C=O) groups is 1. The quantitative estimate of drug-likeness (QED) is 0.752. The molecule has 1 heterocycles. The number of hydrogen-bond donors (Lipinski definition) is 2. The number of amides is 1. The lowest BCUT2D eigenvalue weighted by Gasteiger charge is -2.45. The molecule has 3 fully saturated rings. The zero-order valence-corrected chi connectivity index (χ0v) is 10.4. The highest BCUT2D eigenvalue weighted by Gasteiger charge is 2.55. The maximum Gasteiger partial charge on any atom is 0.240 e. The molecular weight excluding hydrogens is 216 g/mol. The van der Waals surface area contributed by atoms with Crippen molar-refractivity contribution in [3.05, 3.63) is 0 Å². The van der Waals surface area contributed by atoms with Crippen molar-refractivity contribution in [3.63, 3.8) is 0 Å². The lowest BCUT2D eigenvalue weighted by molar-refractivity contribution is -0.141. The van der Waals surface area contributed by atoms with Crippen LogP contribution in [0.15, 0.2) is 0 Å². The molecule has 3 unspecified atom stereocenters. The zero-order valence-electron chi connectivity index (χ0n) is 10.4. The Bertz CT molecular complexity index is 333. The maximum atomic E-state index is 12.5. The summed E-state index contributed by atoms with van der Waals surface area (Å²) in [4.78, 5) is 14.5. The van der Waals surface area contributed by atoms with Crippen molar-refractivity contribution in [1.29, 1.82) is 0 Å². The van der Waals surface area contributed by atoms with E-state index in [0.29, 0.717) is 12.1 Å². The number of aliphatic hydroxyl groups excluding tert-OH is 1. The maximum absolute atomic E-state index is 12.5. The Morgan fingerprint density at radius 2 is 2.24 bits per heavy atom. The van der Waals surface area contributed by atoms with Crippen LogP contribution in [-0.4, -0.2) is 40.6 Å².